The SMILES string of the molecule is CC(COP(=O)(O)O)OCC(C)Oc1ccccc1. The highest BCUT2D eigenvalue weighted by molar-refractivity contribution is 7.46. The van der Waals surface area contributed by atoms with Crippen molar-refractivity contribution in [3.05, 3.63) is 30.3 Å². The molecule has 0 aliphatic carbocycles. The Kier molecular flexibility index (Phi) is 6.48. The molecule has 2 N–H and O–H groups in total. The minimum absolute atomic E-state index is 0.164. The van der Waals surface area contributed by atoms with Gasteiger partial charge in [-0.15, -0.1) is 0 Å². The Morgan fingerprint density at radius 2 is 1.74 bits per heavy atom. The van der Waals surface area contributed by atoms with Crippen molar-refractivity contribution < 1.29 is 28.3 Å². The van der Waals surface area contributed by atoms with Gasteiger partial charge >= 0.3 is 7.82 Å². The van der Waals surface area contributed by atoms with E-state index in [2.05, 4.69) is 4.52 Å². The van der Waals surface area contributed by atoms with Gasteiger partial charge < -0.3 is 19.3 Å². The van der Waals surface area contributed by atoms with Crippen LogP contribution in [0.5, 0.6) is 5.75 Å². The van der Waals surface area contributed by atoms with Gasteiger partial charge in [-0.1, -0.05) is 18.2 Å². The largest absolute Gasteiger partial charge is 0.488 e. The third-order valence-corrected chi connectivity index (χ3v) is 2.66. The zero-order chi connectivity index (χ0) is 14.3. The van der Waals surface area contributed by atoms with Crippen molar-refractivity contribution in [2.24, 2.45) is 0 Å². The molecule has 19 heavy (non-hydrogen) atoms. The van der Waals surface area contributed by atoms with Crippen molar-refractivity contribution in [1.29, 1.82) is 0 Å². The van der Waals surface area contributed by atoms with E-state index >= 15 is 0 Å². The fourth-order valence-electron chi connectivity index (χ4n) is 1.32. The van der Waals surface area contributed by atoms with Crippen LogP contribution in [-0.4, -0.2) is 35.2 Å². The van der Waals surface area contributed by atoms with E-state index in [1.165, 1.54) is 0 Å². The van der Waals surface area contributed by atoms with Gasteiger partial charge in [0.05, 0.1) is 19.3 Å². The quantitative estimate of drug-likeness (QED) is 0.712. The Hall–Kier alpha value is -0.910. The van der Waals surface area contributed by atoms with Crippen LogP contribution >= 0.6 is 7.82 Å². The van der Waals surface area contributed by atoms with Crippen LogP contribution in [0, 0.1) is 0 Å². The van der Waals surface area contributed by atoms with Gasteiger partial charge in [-0.3, -0.25) is 4.52 Å². The van der Waals surface area contributed by atoms with Crippen LogP contribution in [0.15, 0.2) is 30.3 Å². The molecule has 0 bridgehead atoms. The van der Waals surface area contributed by atoms with Crippen LogP contribution in [0.25, 0.3) is 0 Å². The zero-order valence-corrected chi connectivity index (χ0v) is 11.8. The van der Waals surface area contributed by atoms with Crippen LogP contribution in [-0.2, 0) is 13.8 Å². The summed E-state index contributed by atoms with van der Waals surface area (Å²) in [6.07, 6.45) is -0.589. The fraction of sp³-hybridized carbons (Fsp3) is 0.500. The standard InChI is InChI=1S/C12H19O6P/c1-10(9-17-19(13,14)15)16-8-11(2)18-12-6-4-3-5-7-12/h3-7,10-11H,8-9H2,1-2H3,(H2,13,14,15). The number of rotatable bonds is 8. The number of hydrogen-bond donors (Lipinski definition) is 2. The first-order valence-electron chi connectivity index (χ1n) is 5.90. The molecule has 0 saturated carbocycles. The number of benzene rings is 1. The molecule has 0 aliphatic rings. The summed E-state index contributed by atoms with van der Waals surface area (Å²) in [6.45, 7) is 3.66. The van der Waals surface area contributed by atoms with Gasteiger partial charge in [-0.25, -0.2) is 4.57 Å². The molecule has 0 spiro atoms. The molecular formula is C12H19O6P. The molecule has 7 heteroatoms. The van der Waals surface area contributed by atoms with Crippen LogP contribution in [0.1, 0.15) is 13.8 Å². The van der Waals surface area contributed by atoms with Gasteiger partial charge in [0, 0.05) is 0 Å². The van der Waals surface area contributed by atoms with E-state index in [0.29, 0.717) is 6.61 Å². The van der Waals surface area contributed by atoms with Crippen LogP contribution < -0.4 is 4.74 Å². The highest BCUT2D eigenvalue weighted by Crippen LogP contribution is 2.35. The van der Waals surface area contributed by atoms with Gasteiger partial charge in [-0.05, 0) is 26.0 Å². The third-order valence-electron chi connectivity index (χ3n) is 2.17. The summed E-state index contributed by atoms with van der Waals surface area (Å²) in [6, 6.07) is 9.34. The molecule has 1 aromatic carbocycles. The van der Waals surface area contributed by atoms with Gasteiger partial charge in [-0.2, -0.15) is 0 Å². The Labute approximate surface area is 112 Å². The molecule has 1 aromatic rings. The lowest BCUT2D eigenvalue weighted by Gasteiger charge is -2.18. The lowest BCUT2D eigenvalue weighted by Crippen LogP contribution is -2.24. The van der Waals surface area contributed by atoms with Crippen molar-refractivity contribution in [3.8, 4) is 5.75 Å². The van der Waals surface area contributed by atoms with Crippen molar-refractivity contribution >= 4 is 7.82 Å². The maximum absolute atomic E-state index is 10.5. The topological polar surface area (TPSA) is 85.2 Å². The number of para-hydroxylation sites is 1. The average Bonchev–Trinajstić information content (AvgIpc) is 2.34. The molecule has 2 atom stereocenters. The Morgan fingerprint density at radius 1 is 1.11 bits per heavy atom. The van der Waals surface area contributed by atoms with Crippen LogP contribution in [0.3, 0.4) is 0 Å². The van der Waals surface area contributed by atoms with Crippen molar-refractivity contribution in [1.82, 2.24) is 0 Å². The molecule has 108 valence electrons. The minimum Gasteiger partial charge on any atom is -0.488 e. The van der Waals surface area contributed by atoms with Crippen molar-refractivity contribution in [2.45, 2.75) is 26.1 Å². The summed E-state index contributed by atoms with van der Waals surface area (Å²) < 4.78 is 25.8. The van der Waals surface area contributed by atoms with Gasteiger partial charge in [0.15, 0.2) is 0 Å². The smallest absolute Gasteiger partial charge is 0.469 e. The monoisotopic (exact) mass is 290 g/mol. The van der Waals surface area contributed by atoms with E-state index in [4.69, 9.17) is 19.3 Å². The summed E-state index contributed by atoms with van der Waals surface area (Å²) in [5, 5.41) is 0. The summed E-state index contributed by atoms with van der Waals surface area (Å²) >= 11 is 0. The summed E-state index contributed by atoms with van der Waals surface area (Å²) in [5.41, 5.74) is 0. The van der Waals surface area contributed by atoms with E-state index < -0.39 is 13.9 Å². The van der Waals surface area contributed by atoms with E-state index in [0.717, 1.165) is 5.75 Å². The Bertz CT molecular complexity index is 404. The molecule has 0 saturated heterocycles. The third kappa shape index (κ3) is 7.97. The number of hydrogen-bond acceptors (Lipinski definition) is 4. The first-order valence-corrected chi connectivity index (χ1v) is 7.43. The highest BCUT2D eigenvalue weighted by Gasteiger charge is 2.16. The lowest BCUT2D eigenvalue weighted by atomic mass is 10.3. The fourth-order valence-corrected chi connectivity index (χ4v) is 1.72. The molecule has 6 nitrogen and oxygen atoms in total. The second-order valence-electron chi connectivity index (χ2n) is 4.17. The predicted octanol–water partition coefficient (Wildman–Crippen LogP) is 1.97. The van der Waals surface area contributed by atoms with Gasteiger partial charge in [0.2, 0.25) is 0 Å². The van der Waals surface area contributed by atoms with E-state index in [1.807, 2.05) is 37.3 Å². The molecule has 1 rings (SSSR count). The Balaban J connectivity index is 2.23. The molecule has 0 aliphatic heterocycles. The Morgan fingerprint density at radius 3 is 2.32 bits per heavy atom. The molecule has 0 aromatic heterocycles. The molecule has 0 fully saturated rings. The number of phosphoric acid groups is 1. The molecular weight excluding hydrogens is 271 g/mol. The van der Waals surface area contributed by atoms with E-state index in [1.54, 1.807) is 6.92 Å². The highest BCUT2D eigenvalue weighted by atomic mass is 31.2. The van der Waals surface area contributed by atoms with Crippen molar-refractivity contribution in [3.63, 3.8) is 0 Å². The number of phosphoric ester groups is 1. The van der Waals surface area contributed by atoms with Crippen LogP contribution in [0.4, 0.5) is 0 Å². The predicted molar refractivity (Wildman–Crippen MR) is 69.9 cm³/mol. The summed E-state index contributed by atoms with van der Waals surface area (Å²) in [4.78, 5) is 17.1. The second-order valence-corrected chi connectivity index (χ2v) is 5.41. The van der Waals surface area contributed by atoms with Crippen molar-refractivity contribution in [2.75, 3.05) is 13.2 Å². The minimum atomic E-state index is -4.43. The van der Waals surface area contributed by atoms with E-state index in [9.17, 15) is 4.57 Å². The molecule has 2 unspecified atom stereocenters. The molecule has 0 amide bonds. The summed E-state index contributed by atoms with van der Waals surface area (Å²) in [7, 11) is -4.43. The first-order chi connectivity index (χ1) is 8.87. The van der Waals surface area contributed by atoms with E-state index in [-0.39, 0.29) is 12.7 Å². The zero-order valence-electron chi connectivity index (χ0n) is 10.9. The first kappa shape index (κ1) is 16.1. The van der Waals surface area contributed by atoms with Gasteiger partial charge in [0.25, 0.3) is 0 Å². The normalized spacial score (nSPS) is 14.9. The molecule has 0 heterocycles. The van der Waals surface area contributed by atoms with Gasteiger partial charge in [0.1, 0.15) is 11.9 Å². The summed E-state index contributed by atoms with van der Waals surface area (Å²) in [5.74, 6) is 0.748. The maximum Gasteiger partial charge on any atom is 0.469 e. The average molecular weight is 290 g/mol. The lowest BCUT2D eigenvalue weighted by molar-refractivity contribution is -0.0109. The molecule has 0 radical (unpaired) electrons. The number of ether oxygens (including phenoxy) is 2. The second kappa shape index (κ2) is 7.62. The maximum atomic E-state index is 10.5. The van der Waals surface area contributed by atoms with Crippen LogP contribution in [0.2, 0.25) is 0 Å².